The molecular formula is C18H22N4O3. The van der Waals surface area contributed by atoms with Gasteiger partial charge in [-0.05, 0) is 45.7 Å². The van der Waals surface area contributed by atoms with Crippen molar-refractivity contribution in [2.45, 2.75) is 52.7 Å². The zero-order valence-electron chi connectivity index (χ0n) is 15.1. The fourth-order valence-electron chi connectivity index (χ4n) is 2.72. The number of hydrogen-bond donors (Lipinski definition) is 0. The largest absolute Gasteiger partial charge is 0.443 e. The van der Waals surface area contributed by atoms with E-state index in [-0.39, 0.29) is 11.5 Å². The van der Waals surface area contributed by atoms with Gasteiger partial charge in [0.1, 0.15) is 17.3 Å². The number of nitrogens with zero attached hydrogens (tertiary/aromatic N) is 4. The molecular weight excluding hydrogens is 320 g/mol. The van der Waals surface area contributed by atoms with Crippen molar-refractivity contribution in [3.8, 4) is 5.69 Å². The Hall–Kier alpha value is -2.70. The lowest BCUT2D eigenvalue weighted by atomic mass is 10.2. The predicted octanol–water partition coefficient (Wildman–Crippen LogP) is 3.16. The highest BCUT2D eigenvalue weighted by molar-refractivity contribution is 6.15. The summed E-state index contributed by atoms with van der Waals surface area (Å²) in [7, 11) is 0. The zero-order valence-corrected chi connectivity index (χ0v) is 15.1. The van der Waals surface area contributed by atoms with Gasteiger partial charge in [0.05, 0.1) is 23.8 Å². The first-order valence-corrected chi connectivity index (χ1v) is 8.31. The van der Waals surface area contributed by atoms with Crippen LogP contribution in [0.25, 0.3) is 5.69 Å². The van der Waals surface area contributed by atoms with Crippen molar-refractivity contribution in [2.24, 2.45) is 0 Å². The highest BCUT2D eigenvalue weighted by atomic mass is 16.6. The number of aryl methyl sites for hydroxylation is 1. The lowest BCUT2D eigenvalue weighted by molar-refractivity contribution is 0.0564. The molecule has 0 aliphatic carbocycles. The Morgan fingerprint density at radius 1 is 1.32 bits per heavy atom. The number of fused-ring (bicyclic) bond motifs is 1. The summed E-state index contributed by atoms with van der Waals surface area (Å²) in [4.78, 5) is 30.7. The van der Waals surface area contributed by atoms with E-state index in [1.165, 1.54) is 4.90 Å². The van der Waals surface area contributed by atoms with Gasteiger partial charge < -0.3 is 4.74 Å². The van der Waals surface area contributed by atoms with Crippen LogP contribution >= 0.6 is 0 Å². The maximum atomic E-state index is 12.6. The number of aromatic nitrogens is 3. The Morgan fingerprint density at radius 2 is 2.04 bits per heavy atom. The lowest BCUT2D eigenvalue weighted by Gasteiger charge is -2.26. The van der Waals surface area contributed by atoms with Gasteiger partial charge in [-0.1, -0.05) is 6.92 Å². The summed E-state index contributed by atoms with van der Waals surface area (Å²) >= 11 is 0. The number of Topliss-reactive ketones (excluding diaryl/α,β-unsaturated/α-hetero) is 1. The molecule has 1 unspecified atom stereocenters. The number of carbonyl (C=O) groups excluding carboxylic acids is 2. The minimum absolute atomic E-state index is 0.192. The Bertz CT molecular complexity index is 835. The van der Waals surface area contributed by atoms with Crippen molar-refractivity contribution < 1.29 is 14.3 Å². The van der Waals surface area contributed by atoms with Gasteiger partial charge >= 0.3 is 6.09 Å². The molecule has 0 fully saturated rings. The van der Waals surface area contributed by atoms with Gasteiger partial charge in [-0.3, -0.25) is 9.69 Å². The Kier molecular flexibility index (Phi) is 4.10. The molecule has 1 amide bonds. The van der Waals surface area contributed by atoms with Crippen LogP contribution in [0.15, 0.2) is 24.7 Å². The quantitative estimate of drug-likeness (QED) is 0.838. The SMILES string of the molecule is CCc1cnn(-c2cnc3c(c2)N(C(=O)OC(C)(C)C)C(C)C3=O)c1. The molecule has 0 saturated carbocycles. The standard InChI is InChI=1S/C18H22N4O3/c1-6-12-8-20-21(10-12)13-7-14-15(19-9-13)16(23)11(2)22(14)17(24)25-18(3,4)5/h7-11H,6H2,1-5H3. The maximum absolute atomic E-state index is 12.6. The van der Waals surface area contributed by atoms with Crippen LogP contribution in [0.4, 0.5) is 10.5 Å². The molecule has 2 aromatic heterocycles. The van der Waals surface area contributed by atoms with Crippen LogP contribution in [0.3, 0.4) is 0 Å². The van der Waals surface area contributed by atoms with E-state index in [9.17, 15) is 9.59 Å². The normalized spacial score (nSPS) is 16.9. The van der Waals surface area contributed by atoms with Crippen molar-refractivity contribution in [2.75, 3.05) is 4.90 Å². The Morgan fingerprint density at radius 3 is 2.64 bits per heavy atom. The highest BCUT2D eigenvalue weighted by Gasteiger charge is 2.41. The fraction of sp³-hybridized carbons (Fsp3) is 0.444. The maximum Gasteiger partial charge on any atom is 0.415 e. The van der Waals surface area contributed by atoms with Crippen LogP contribution in [0.2, 0.25) is 0 Å². The van der Waals surface area contributed by atoms with E-state index in [1.54, 1.807) is 50.8 Å². The number of pyridine rings is 1. The van der Waals surface area contributed by atoms with Gasteiger partial charge in [-0.2, -0.15) is 5.10 Å². The van der Waals surface area contributed by atoms with Gasteiger partial charge in [0.25, 0.3) is 0 Å². The van der Waals surface area contributed by atoms with E-state index >= 15 is 0 Å². The monoisotopic (exact) mass is 342 g/mol. The number of ether oxygens (including phenoxy) is 1. The smallest absolute Gasteiger partial charge is 0.415 e. The Labute approximate surface area is 146 Å². The highest BCUT2D eigenvalue weighted by Crippen LogP contribution is 2.33. The topological polar surface area (TPSA) is 77.3 Å². The van der Waals surface area contributed by atoms with Crippen molar-refractivity contribution in [3.05, 3.63) is 35.9 Å². The van der Waals surface area contributed by atoms with Gasteiger partial charge in [0.15, 0.2) is 0 Å². The molecule has 0 saturated heterocycles. The molecule has 132 valence electrons. The summed E-state index contributed by atoms with van der Waals surface area (Å²) in [5.41, 5.74) is 1.87. The lowest BCUT2D eigenvalue weighted by Crippen LogP contribution is -2.41. The third-order valence-corrected chi connectivity index (χ3v) is 4.01. The minimum Gasteiger partial charge on any atom is -0.443 e. The molecule has 0 aromatic carbocycles. The van der Waals surface area contributed by atoms with E-state index < -0.39 is 17.7 Å². The summed E-state index contributed by atoms with van der Waals surface area (Å²) in [5, 5.41) is 4.31. The molecule has 7 nitrogen and oxygen atoms in total. The summed E-state index contributed by atoms with van der Waals surface area (Å²) in [6, 6.07) is 1.11. The van der Waals surface area contributed by atoms with Crippen LogP contribution in [0, 0.1) is 0 Å². The second-order valence-electron chi connectivity index (χ2n) is 7.10. The number of carbonyl (C=O) groups is 2. The summed E-state index contributed by atoms with van der Waals surface area (Å²) in [5.74, 6) is -0.192. The van der Waals surface area contributed by atoms with Crippen LogP contribution in [-0.2, 0) is 11.2 Å². The first kappa shape index (κ1) is 17.1. The van der Waals surface area contributed by atoms with E-state index in [4.69, 9.17) is 4.74 Å². The molecule has 0 N–H and O–H groups in total. The summed E-state index contributed by atoms with van der Waals surface area (Å²) in [6.07, 6.45) is 5.60. The van der Waals surface area contributed by atoms with Gasteiger partial charge in [-0.25, -0.2) is 14.5 Å². The number of amides is 1. The average Bonchev–Trinajstić information content (AvgIpc) is 3.09. The van der Waals surface area contributed by atoms with Crippen LogP contribution in [0.5, 0.6) is 0 Å². The summed E-state index contributed by atoms with van der Waals surface area (Å²) < 4.78 is 7.14. The molecule has 0 spiro atoms. The van der Waals surface area contributed by atoms with Crippen LogP contribution in [0.1, 0.15) is 50.7 Å². The molecule has 3 rings (SSSR count). The van der Waals surface area contributed by atoms with Crippen molar-refractivity contribution in [1.29, 1.82) is 0 Å². The number of hydrogen-bond acceptors (Lipinski definition) is 5. The molecule has 7 heteroatoms. The first-order chi connectivity index (χ1) is 11.7. The van der Waals surface area contributed by atoms with E-state index in [0.717, 1.165) is 12.0 Å². The Balaban J connectivity index is 2.01. The average molecular weight is 342 g/mol. The van der Waals surface area contributed by atoms with Crippen molar-refractivity contribution >= 4 is 17.6 Å². The molecule has 1 aliphatic rings. The third kappa shape index (κ3) is 3.14. The van der Waals surface area contributed by atoms with Crippen molar-refractivity contribution in [3.63, 3.8) is 0 Å². The van der Waals surface area contributed by atoms with Gasteiger partial charge in [0.2, 0.25) is 5.78 Å². The minimum atomic E-state index is -0.647. The van der Waals surface area contributed by atoms with E-state index in [2.05, 4.69) is 10.1 Å². The zero-order chi connectivity index (χ0) is 18.4. The molecule has 25 heavy (non-hydrogen) atoms. The first-order valence-electron chi connectivity index (χ1n) is 8.31. The third-order valence-electron chi connectivity index (χ3n) is 4.01. The fourth-order valence-corrected chi connectivity index (χ4v) is 2.72. The number of anilines is 1. The second-order valence-corrected chi connectivity index (χ2v) is 7.10. The summed E-state index contributed by atoms with van der Waals surface area (Å²) in [6.45, 7) is 9.10. The number of rotatable bonds is 2. The van der Waals surface area contributed by atoms with E-state index in [1.807, 2.05) is 13.1 Å². The molecule has 1 aliphatic heterocycles. The van der Waals surface area contributed by atoms with Crippen LogP contribution < -0.4 is 4.90 Å². The van der Waals surface area contributed by atoms with Crippen molar-refractivity contribution in [1.82, 2.24) is 14.8 Å². The van der Waals surface area contributed by atoms with Crippen LogP contribution in [-0.4, -0.2) is 38.3 Å². The van der Waals surface area contributed by atoms with Gasteiger partial charge in [-0.15, -0.1) is 0 Å². The predicted molar refractivity (Wildman–Crippen MR) is 93.2 cm³/mol. The van der Waals surface area contributed by atoms with E-state index in [0.29, 0.717) is 11.4 Å². The van der Waals surface area contributed by atoms with Gasteiger partial charge in [0, 0.05) is 6.20 Å². The number of ketones is 1. The molecule has 0 bridgehead atoms. The second kappa shape index (κ2) is 5.98. The molecule has 2 aromatic rings. The molecule has 1 atom stereocenters. The molecule has 0 radical (unpaired) electrons. The molecule has 3 heterocycles.